The molecule has 1 N–H and O–H groups in total. The Balaban J connectivity index is 0.000000301. The number of unbranched alkanes of at least 4 members (excludes halogenated alkanes) is 4. The highest BCUT2D eigenvalue weighted by Crippen LogP contribution is 2.27. The van der Waals surface area contributed by atoms with Crippen molar-refractivity contribution in [3.8, 4) is 11.5 Å². The molecule has 0 spiro atoms. The van der Waals surface area contributed by atoms with Gasteiger partial charge in [0.2, 0.25) is 5.82 Å². The minimum Gasteiger partial charge on any atom is -0.381 e. The summed E-state index contributed by atoms with van der Waals surface area (Å²) in [7, 11) is 0. The predicted molar refractivity (Wildman–Crippen MR) is 173 cm³/mol. The summed E-state index contributed by atoms with van der Waals surface area (Å²) in [5.41, 5.74) is 2.85. The second-order valence-corrected chi connectivity index (χ2v) is 10.4. The molecule has 0 amide bonds. The first-order valence-corrected chi connectivity index (χ1v) is 15.7. The van der Waals surface area contributed by atoms with Crippen molar-refractivity contribution in [2.24, 2.45) is 5.92 Å². The highest BCUT2D eigenvalue weighted by atomic mass is 19.1. The van der Waals surface area contributed by atoms with Crippen LogP contribution in [0.25, 0.3) is 17.0 Å². The molecule has 8 heteroatoms. The van der Waals surface area contributed by atoms with Gasteiger partial charge in [0.25, 0.3) is 0 Å². The molecule has 0 bridgehead atoms. The highest BCUT2D eigenvalue weighted by molar-refractivity contribution is 5.78. The number of hydrogen-bond acceptors (Lipinski definition) is 6. The lowest BCUT2D eigenvalue weighted by molar-refractivity contribution is 0.122. The molecule has 42 heavy (non-hydrogen) atoms. The van der Waals surface area contributed by atoms with Crippen molar-refractivity contribution in [3.63, 3.8) is 0 Å². The van der Waals surface area contributed by atoms with Crippen LogP contribution in [0.3, 0.4) is 0 Å². The molecule has 0 fully saturated rings. The maximum absolute atomic E-state index is 14.0. The molecule has 0 radical (unpaired) electrons. The smallest absolute Gasteiger partial charge is 0.200 e. The standard InChI is InChI=1S/C18H15FN6.C9H20O.C7H16/c1-2-12-7-10-25-16(12)18(22-14-6-9-20-11-13(14)19)23-17(24-25)15-5-3-4-8-21-15;1-4-7-10-8-6-9(3)5-2;1-3-5-7-6-4-2/h3-11H,2H2,1H3,(H,20,22,23,24);9H,4-8H2,1-3H3;3-7H2,1-2H3. The monoisotopic (exact) mass is 578 g/mol. The van der Waals surface area contributed by atoms with Crippen molar-refractivity contribution < 1.29 is 9.13 Å². The third-order valence-corrected chi connectivity index (χ3v) is 6.90. The lowest BCUT2D eigenvalue weighted by Gasteiger charge is -2.11. The van der Waals surface area contributed by atoms with Gasteiger partial charge >= 0.3 is 0 Å². The van der Waals surface area contributed by atoms with E-state index in [-0.39, 0.29) is 0 Å². The molecule has 0 saturated carbocycles. The number of aryl methyl sites for hydroxylation is 1. The number of pyridine rings is 2. The van der Waals surface area contributed by atoms with Crippen molar-refractivity contribution in [1.82, 2.24) is 24.6 Å². The molecule has 4 aromatic heterocycles. The van der Waals surface area contributed by atoms with Crippen molar-refractivity contribution in [1.29, 1.82) is 0 Å². The lowest BCUT2D eigenvalue weighted by atomic mass is 10.1. The number of hydrogen-bond donors (Lipinski definition) is 1. The van der Waals surface area contributed by atoms with E-state index in [2.05, 4.69) is 66.9 Å². The summed E-state index contributed by atoms with van der Waals surface area (Å²) in [6, 6.07) is 9.10. The van der Waals surface area contributed by atoms with E-state index in [0.717, 1.165) is 43.1 Å². The van der Waals surface area contributed by atoms with Crippen LogP contribution in [-0.2, 0) is 11.2 Å². The predicted octanol–water partition coefficient (Wildman–Crippen LogP) is 9.46. The average Bonchev–Trinajstić information content (AvgIpc) is 3.45. The first-order valence-electron chi connectivity index (χ1n) is 15.7. The van der Waals surface area contributed by atoms with Gasteiger partial charge in [-0.1, -0.05) is 86.1 Å². The Labute approximate surface area is 252 Å². The summed E-state index contributed by atoms with van der Waals surface area (Å²) in [5, 5.41) is 7.61. The molecule has 0 aromatic carbocycles. The first-order chi connectivity index (χ1) is 20.5. The van der Waals surface area contributed by atoms with Crippen LogP contribution in [-0.4, -0.2) is 37.8 Å². The van der Waals surface area contributed by atoms with Gasteiger partial charge in [-0.2, -0.15) is 0 Å². The molecule has 4 aromatic rings. The molecule has 1 atom stereocenters. The molecule has 0 aliphatic heterocycles. The van der Waals surface area contributed by atoms with Crippen LogP contribution >= 0.6 is 0 Å². The number of ether oxygens (including phenoxy) is 1. The molecule has 0 saturated heterocycles. The zero-order chi connectivity index (χ0) is 30.6. The van der Waals surface area contributed by atoms with E-state index in [1.165, 1.54) is 57.3 Å². The Morgan fingerprint density at radius 3 is 2.33 bits per heavy atom. The van der Waals surface area contributed by atoms with Crippen LogP contribution in [0.15, 0.2) is 55.1 Å². The molecule has 0 aliphatic rings. The molecule has 7 nitrogen and oxygen atoms in total. The zero-order valence-corrected chi connectivity index (χ0v) is 26.6. The van der Waals surface area contributed by atoms with E-state index in [1.54, 1.807) is 16.8 Å². The molecule has 4 heterocycles. The maximum atomic E-state index is 14.0. The quantitative estimate of drug-likeness (QED) is 0.150. The van der Waals surface area contributed by atoms with Crippen LogP contribution in [0.5, 0.6) is 0 Å². The van der Waals surface area contributed by atoms with Gasteiger partial charge in [-0.3, -0.25) is 9.97 Å². The number of aromatic nitrogens is 5. The Morgan fingerprint density at radius 2 is 1.71 bits per heavy atom. The minimum atomic E-state index is -0.441. The number of nitrogens with one attached hydrogen (secondary N) is 1. The second-order valence-electron chi connectivity index (χ2n) is 10.4. The Hall–Kier alpha value is -3.39. The fourth-order valence-electron chi connectivity index (χ4n) is 4.08. The topological polar surface area (TPSA) is 77.2 Å². The maximum Gasteiger partial charge on any atom is 0.200 e. The fraction of sp³-hybridized carbons (Fsp3) is 0.529. The Morgan fingerprint density at radius 1 is 0.929 bits per heavy atom. The van der Waals surface area contributed by atoms with Crippen LogP contribution in [0.1, 0.15) is 98.5 Å². The summed E-state index contributed by atoms with van der Waals surface area (Å²) >= 11 is 0. The van der Waals surface area contributed by atoms with Crippen LogP contribution in [0.2, 0.25) is 0 Å². The zero-order valence-electron chi connectivity index (χ0n) is 26.6. The number of anilines is 2. The Bertz CT molecular complexity index is 1260. The molecule has 1 unspecified atom stereocenters. The highest BCUT2D eigenvalue weighted by Gasteiger charge is 2.15. The third-order valence-electron chi connectivity index (χ3n) is 6.90. The summed E-state index contributed by atoms with van der Waals surface area (Å²) in [6.45, 7) is 15.1. The van der Waals surface area contributed by atoms with E-state index in [1.807, 2.05) is 30.5 Å². The first kappa shape index (κ1) is 34.8. The van der Waals surface area contributed by atoms with Crippen LogP contribution < -0.4 is 5.32 Å². The van der Waals surface area contributed by atoms with E-state index < -0.39 is 5.82 Å². The van der Waals surface area contributed by atoms with Gasteiger partial charge in [0.1, 0.15) is 11.2 Å². The van der Waals surface area contributed by atoms with E-state index in [0.29, 0.717) is 23.0 Å². The van der Waals surface area contributed by atoms with Crippen molar-refractivity contribution in [3.05, 3.63) is 66.5 Å². The lowest BCUT2D eigenvalue weighted by Crippen LogP contribution is -2.05. The number of halogens is 1. The molecular formula is C34H51FN6O. The van der Waals surface area contributed by atoms with Gasteiger partial charge in [0.15, 0.2) is 11.6 Å². The fourth-order valence-corrected chi connectivity index (χ4v) is 4.08. The molecular weight excluding hydrogens is 527 g/mol. The molecule has 0 aliphatic carbocycles. The largest absolute Gasteiger partial charge is 0.381 e. The van der Waals surface area contributed by atoms with Crippen molar-refractivity contribution in [2.45, 2.75) is 99.3 Å². The molecule has 230 valence electrons. The van der Waals surface area contributed by atoms with Gasteiger partial charge < -0.3 is 10.1 Å². The summed E-state index contributed by atoms with van der Waals surface area (Å²) in [5.74, 6) is 1.38. The van der Waals surface area contributed by atoms with Gasteiger partial charge in [0, 0.05) is 31.8 Å². The number of fused-ring (bicyclic) bond motifs is 1. The third kappa shape index (κ3) is 11.8. The van der Waals surface area contributed by atoms with E-state index >= 15 is 0 Å². The Kier molecular flexibility index (Phi) is 17.0. The van der Waals surface area contributed by atoms with E-state index in [4.69, 9.17) is 4.74 Å². The summed E-state index contributed by atoms with van der Waals surface area (Å²) < 4.78 is 21.1. The van der Waals surface area contributed by atoms with Gasteiger partial charge in [-0.25, -0.2) is 13.9 Å². The minimum absolute atomic E-state index is 0.311. The summed E-state index contributed by atoms with van der Waals surface area (Å²) in [6.07, 6.45) is 17.7. The molecule has 4 rings (SSSR count). The average molecular weight is 579 g/mol. The SMILES string of the molecule is CCCCCCC.CCCOCCC(C)CC.CCc1ccn2nc(-c3ccccn3)nc(Nc3ccncc3F)c12. The number of rotatable bonds is 14. The van der Waals surface area contributed by atoms with Crippen molar-refractivity contribution in [2.75, 3.05) is 18.5 Å². The van der Waals surface area contributed by atoms with Crippen LogP contribution in [0.4, 0.5) is 15.9 Å². The van der Waals surface area contributed by atoms with E-state index in [9.17, 15) is 4.39 Å². The van der Waals surface area contributed by atoms with Gasteiger partial charge in [-0.05, 0) is 55.0 Å². The number of nitrogens with zero attached hydrogens (tertiary/aromatic N) is 5. The van der Waals surface area contributed by atoms with Crippen LogP contribution in [0, 0.1) is 11.7 Å². The normalized spacial score (nSPS) is 11.3. The second kappa shape index (κ2) is 20.5. The van der Waals surface area contributed by atoms with Gasteiger partial charge in [0.05, 0.1) is 11.9 Å². The van der Waals surface area contributed by atoms with Gasteiger partial charge in [-0.15, -0.1) is 5.10 Å². The summed E-state index contributed by atoms with van der Waals surface area (Å²) in [4.78, 5) is 12.7. The van der Waals surface area contributed by atoms with Crippen molar-refractivity contribution >= 4 is 17.0 Å².